The standard InChI is InChI=1S/C19H22N6OS/c1-2-25-8-5-14(6-9-25)22-18(26)16-12-27-19(23-16)15-11-21-24-17(15)13-4-3-7-20-10-13/h3-4,7,10-12,14H,2,5-6,8-9H2,1H3,(H,21,24)(H,22,26). The topological polar surface area (TPSA) is 86.8 Å². The number of aromatic amines is 1. The third kappa shape index (κ3) is 3.91. The van der Waals surface area contributed by atoms with Gasteiger partial charge in [0.25, 0.3) is 5.91 Å². The minimum atomic E-state index is -0.0983. The van der Waals surface area contributed by atoms with Crippen LogP contribution >= 0.6 is 11.3 Å². The molecule has 0 radical (unpaired) electrons. The predicted octanol–water partition coefficient (Wildman–Crippen LogP) is 2.81. The monoisotopic (exact) mass is 382 g/mol. The molecule has 27 heavy (non-hydrogen) atoms. The van der Waals surface area contributed by atoms with Crippen molar-refractivity contribution in [3.63, 3.8) is 0 Å². The Morgan fingerprint density at radius 3 is 2.96 bits per heavy atom. The lowest BCUT2D eigenvalue weighted by Gasteiger charge is -2.31. The Bertz CT molecular complexity index is 898. The molecule has 8 heteroatoms. The van der Waals surface area contributed by atoms with Crippen LogP contribution in [0, 0.1) is 0 Å². The number of hydrogen-bond donors (Lipinski definition) is 2. The summed E-state index contributed by atoms with van der Waals surface area (Å²) >= 11 is 1.45. The summed E-state index contributed by atoms with van der Waals surface area (Å²) in [7, 11) is 0. The van der Waals surface area contributed by atoms with E-state index in [1.54, 1.807) is 18.6 Å². The van der Waals surface area contributed by atoms with Crippen molar-refractivity contribution in [2.24, 2.45) is 0 Å². The van der Waals surface area contributed by atoms with Crippen LogP contribution in [0.15, 0.2) is 36.1 Å². The van der Waals surface area contributed by atoms with Crippen molar-refractivity contribution in [3.8, 4) is 21.8 Å². The predicted molar refractivity (Wildman–Crippen MR) is 106 cm³/mol. The highest BCUT2D eigenvalue weighted by atomic mass is 32.1. The van der Waals surface area contributed by atoms with E-state index in [2.05, 4.69) is 37.3 Å². The normalized spacial score (nSPS) is 15.7. The second-order valence-electron chi connectivity index (χ2n) is 6.62. The van der Waals surface area contributed by atoms with Crippen LogP contribution < -0.4 is 5.32 Å². The van der Waals surface area contributed by atoms with E-state index in [4.69, 9.17) is 0 Å². The quantitative estimate of drug-likeness (QED) is 0.709. The number of pyridine rings is 1. The number of carbonyl (C=O) groups excluding carboxylic acids is 1. The second kappa shape index (κ2) is 7.98. The summed E-state index contributed by atoms with van der Waals surface area (Å²) in [4.78, 5) is 23.7. The molecule has 0 spiro atoms. The third-order valence-electron chi connectivity index (χ3n) is 4.93. The van der Waals surface area contributed by atoms with Gasteiger partial charge in [0.2, 0.25) is 0 Å². The fourth-order valence-electron chi connectivity index (χ4n) is 3.33. The van der Waals surface area contributed by atoms with Gasteiger partial charge in [-0.1, -0.05) is 6.92 Å². The van der Waals surface area contributed by atoms with E-state index in [0.717, 1.165) is 54.3 Å². The molecule has 1 fully saturated rings. The Morgan fingerprint density at radius 2 is 2.22 bits per heavy atom. The maximum atomic E-state index is 12.6. The molecule has 1 saturated heterocycles. The number of amides is 1. The van der Waals surface area contributed by atoms with Gasteiger partial charge in [0, 0.05) is 42.5 Å². The number of piperidine rings is 1. The second-order valence-corrected chi connectivity index (χ2v) is 7.48. The highest BCUT2D eigenvalue weighted by molar-refractivity contribution is 7.13. The van der Waals surface area contributed by atoms with Crippen LogP contribution in [-0.2, 0) is 0 Å². The molecule has 2 N–H and O–H groups in total. The molecule has 0 bridgehead atoms. The number of hydrogen-bond acceptors (Lipinski definition) is 6. The summed E-state index contributed by atoms with van der Waals surface area (Å²) in [6, 6.07) is 4.07. The summed E-state index contributed by atoms with van der Waals surface area (Å²) in [5.74, 6) is -0.0983. The first kappa shape index (κ1) is 17.8. The van der Waals surface area contributed by atoms with Gasteiger partial charge in [0.15, 0.2) is 0 Å². The summed E-state index contributed by atoms with van der Waals surface area (Å²) in [5, 5.41) is 12.9. The van der Waals surface area contributed by atoms with Crippen molar-refractivity contribution in [3.05, 3.63) is 41.8 Å². The lowest BCUT2D eigenvalue weighted by Crippen LogP contribution is -2.44. The molecule has 7 nitrogen and oxygen atoms in total. The first-order valence-electron chi connectivity index (χ1n) is 9.17. The van der Waals surface area contributed by atoms with Crippen molar-refractivity contribution >= 4 is 17.2 Å². The van der Waals surface area contributed by atoms with E-state index in [1.807, 2.05) is 17.5 Å². The molecule has 3 aromatic rings. The Morgan fingerprint density at radius 1 is 1.37 bits per heavy atom. The fraction of sp³-hybridized carbons (Fsp3) is 0.368. The number of nitrogens with one attached hydrogen (secondary N) is 2. The van der Waals surface area contributed by atoms with Gasteiger partial charge in [-0.05, 0) is 31.5 Å². The average Bonchev–Trinajstić information content (AvgIpc) is 3.38. The summed E-state index contributed by atoms with van der Waals surface area (Å²) < 4.78 is 0. The van der Waals surface area contributed by atoms with Gasteiger partial charge in [-0.25, -0.2) is 4.98 Å². The van der Waals surface area contributed by atoms with Crippen LogP contribution in [0.3, 0.4) is 0 Å². The number of rotatable bonds is 5. The number of carbonyl (C=O) groups is 1. The van der Waals surface area contributed by atoms with Gasteiger partial charge >= 0.3 is 0 Å². The van der Waals surface area contributed by atoms with Crippen LogP contribution in [0.25, 0.3) is 21.8 Å². The van der Waals surface area contributed by atoms with Crippen molar-refractivity contribution in [2.75, 3.05) is 19.6 Å². The minimum absolute atomic E-state index is 0.0983. The zero-order valence-corrected chi connectivity index (χ0v) is 16.0. The van der Waals surface area contributed by atoms with E-state index in [-0.39, 0.29) is 11.9 Å². The summed E-state index contributed by atoms with van der Waals surface area (Å²) in [6.07, 6.45) is 7.23. The van der Waals surface area contributed by atoms with E-state index < -0.39 is 0 Å². The van der Waals surface area contributed by atoms with Crippen molar-refractivity contribution in [1.29, 1.82) is 0 Å². The van der Waals surface area contributed by atoms with E-state index in [9.17, 15) is 4.79 Å². The maximum absolute atomic E-state index is 12.6. The molecule has 1 aliphatic rings. The molecule has 140 valence electrons. The van der Waals surface area contributed by atoms with Gasteiger partial charge < -0.3 is 10.2 Å². The summed E-state index contributed by atoms with van der Waals surface area (Å²) in [6.45, 7) is 5.31. The molecule has 4 heterocycles. The van der Waals surface area contributed by atoms with Crippen LogP contribution in [-0.4, -0.2) is 56.6 Å². The first-order chi connectivity index (χ1) is 13.2. The molecule has 4 rings (SSSR count). The molecular weight excluding hydrogens is 360 g/mol. The fourth-order valence-corrected chi connectivity index (χ4v) is 4.15. The SMILES string of the molecule is CCN1CCC(NC(=O)c2csc(-c3cn[nH]c3-c3cccnc3)n2)CC1. The summed E-state index contributed by atoms with van der Waals surface area (Å²) in [5.41, 5.74) is 3.14. The molecule has 3 aromatic heterocycles. The van der Waals surface area contributed by atoms with Crippen LogP contribution in [0.5, 0.6) is 0 Å². The van der Waals surface area contributed by atoms with Gasteiger partial charge in [-0.3, -0.25) is 14.9 Å². The zero-order valence-electron chi connectivity index (χ0n) is 15.2. The average molecular weight is 382 g/mol. The van der Waals surface area contributed by atoms with Crippen LogP contribution in [0.4, 0.5) is 0 Å². The smallest absolute Gasteiger partial charge is 0.270 e. The highest BCUT2D eigenvalue weighted by Gasteiger charge is 2.22. The third-order valence-corrected chi connectivity index (χ3v) is 5.80. The number of nitrogens with zero attached hydrogens (tertiary/aromatic N) is 4. The molecule has 1 amide bonds. The molecular formula is C19H22N6OS. The Balaban J connectivity index is 1.47. The van der Waals surface area contributed by atoms with E-state index >= 15 is 0 Å². The number of likely N-dealkylation sites (tertiary alicyclic amines) is 1. The Hall–Kier alpha value is -2.58. The van der Waals surface area contributed by atoms with Gasteiger partial charge in [0.1, 0.15) is 10.7 Å². The van der Waals surface area contributed by atoms with Gasteiger partial charge in [0.05, 0.1) is 17.5 Å². The lowest BCUT2D eigenvalue weighted by atomic mass is 10.1. The molecule has 0 aliphatic carbocycles. The molecule has 0 atom stereocenters. The maximum Gasteiger partial charge on any atom is 0.270 e. The van der Waals surface area contributed by atoms with Crippen molar-refractivity contribution in [2.45, 2.75) is 25.8 Å². The largest absolute Gasteiger partial charge is 0.348 e. The molecule has 1 aliphatic heterocycles. The Kier molecular flexibility index (Phi) is 5.26. The Labute approximate surface area is 161 Å². The highest BCUT2D eigenvalue weighted by Crippen LogP contribution is 2.31. The zero-order chi connectivity index (χ0) is 18.6. The lowest BCUT2D eigenvalue weighted by molar-refractivity contribution is 0.0908. The van der Waals surface area contributed by atoms with Crippen molar-refractivity contribution < 1.29 is 4.79 Å². The van der Waals surface area contributed by atoms with Crippen LogP contribution in [0.2, 0.25) is 0 Å². The van der Waals surface area contributed by atoms with E-state index in [1.165, 1.54) is 11.3 Å². The molecule has 0 unspecified atom stereocenters. The number of H-pyrrole nitrogens is 1. The first-order valence-corrected chi connectivity index (χ1v) is 10.1. The molecule has 0 saturated carbocycles. The number of thiazole rings is 1. The van der Waals surface area contributed by atoms with E-state index in [0.29, 0.717) is 5.69 Å². The minimum Gasteiger partial charge on any atom is -0.348 e. The van der Waals surface area contributed by atoms with Gasteiger partial charge in [-0.2, -0.15) is 5.10 Å². The molecule has 0 aromatic carbocycles. The number of aromatic nitrogens is 4. The van der Waals surface area contributed by atoms with Crippen molar-refractivity contribution in [1.82, 2.24) is 30.4 Å². The van der Waals surface area contributed by atoms with Crippen LogP contribution in [0.1, 0.15) is 30.3 Å². The van der Waals surface area contributed by atoms with Gasteiger partial charge in [-0.15, -0.1) is 11.3 Å².